The van der Waals surface area contributed by atoms with Gasteiger partial charge in [0, 0.05) is 32.6 Å². The van der Waals surface area contributed by atoms with Crippen molar-refractivity contribution in [1.82, 2.24) is 20.0 Å². The maximum atomic E-state index is 13.3. The molecule has 0 saturated carbocycles. The van der Waals surface area contributed by atoms with Crippen molar-refractivity contribution < 1.29 is 28.7 Å². The van der Waals surface area contributed by atoms with Crippen LogP contribution in [0.2, 0.25) is 0 Å². The first-order valence-electron chi connectivity index (χ1n) is 11.5. The lowest BCUT2D eigenvalue weighted by Crippen LogP contribution is -2.53. The summed E-state index contributed by atoms with van der Waals surface area (Å²) in [5.41, 5.74) is -0.774. The predicted molar refractivity (Wildman–Crippen MR) is 126 cm³/mol. The minimum absolute atomic E-state index is 0.0490. The molecule has 0 spiro atoms. The van der Waals surface area contributed by atoms with Crippen LogP contribution in [0, 0.1) is 0 Å². The second-order valence-electron chi connectivity index (χ2n) is 8.81. The molecule has 5 rings (SSSR count). The third-order valence-electron chi connectivity index (χ3n) is 6.54. The molecule has 0 radical (unpaired) electrons. The van der Waals surface area contributed by atoms with Gasteiger partial charge in [0.1, 0.15) is 12.1 Å². The van der Waals surface area contributed by atoms with Gasteiger partial charge in [-0.05, 0) is 36.1 Å². The first-order chi connectivity index (χ1) is 16.9. The number of hydrogen-bond donors (Lipinski definition) is 1. The minimum Gasteiger partial charge on any atom is -0.490 e. The summed E-state index contributed by atoms with van der Waals surface area (Å²) in [5, 5.41) is 4.59. The number of fused-ring (bicyclic) bond motifs is 1. The maximum absolute atomic E-state index is 13.3. The number of benzene rings is 1. The molecule has 10 nitrogen and oxygen atoms in total. The molecule has 2 aromatic rings. The number of ether oxygens (including phenoxy) is 2. The van der Waals surface area contributed by atoms with Gasteiger partial charge in [0.05, 0.1) is 18.1 Å². The number of imide groups is 1. The minimum atomic E-state index is -1.33. The lowest BCUT2D eigenvalue weighted by Gasteiger charge is -2.35. The number of rotatable bonds is 4. The van der Waals surface area contributed by atoms with E-state index >= 15 is 0 Å². The van der Waals surface area contributed by atoms with Crippen LogP contribution < -0.4 is 14.8 Å². The number of hydrogen-bond acceptors (Lipinski definition) is 7. The Morgan fingerprint density at radius 1 is 1.03 bits per heavy atom. The van der Waals surface area contributed by atoms with Crippen molar-refractivity contribution in [3.05, 3.63) is 46.2 Å². The Hall–Kier alpha value is -3.60. The third-order valence-corrected chi connectivity index (χ3v) is 7.40. The number of nitrogens with zero attached hydrogens (tertiary/aromatic N) is 3. The smallest absolute Gasteiger partial charge is 0.325 e. The topological polar surface area (TPSA) is 108 Å². The van der Waals surface area contributed by atoms with Crippen molar-refractivity contribution in [2.75, 3.05) is 45.9 Å². The van der Waals surface area contributed by atoms with E-state index in [1.165, 1.54) is 11.3 Å². The molecule has 2 saturated heterocycles. The number of carbonyl (C=O) groups excluding carboxylic acids is 4. The average molecular weight is 499 g/mol. The largest absolute Gasteiger partial charge is 0.490 e. The Kier molecular flexibility index (Phi) is 6.10. The SMILES string of the molecule is C[C@]1(c2ccc3c(c2)OCCCO3)NC(=O)N(CC(=O)N2CCN(C(=O)c3cccs3)CC2)C1=O. The van der Waals surface area contributed by atoms with Crippen LogP contribution in [-0.2, 0) is 15.1 Å². The van der Waals surface area contributed by atoms with Crippen LogP contribution in [0.5, 0.6) is 11.5 Å². The number of thiophene rings is 1. The molecule has 3 aliphatic heterocycles. The van der Waals surface area contributed by atoms with Gasteiger partial charge in [-0.1, -0.05) is 12.1 Å². The van der Waals surface area contributed by atoms with Crippen molar-refractivity contribution in [2.24, 2.45) is 0 Å². The molecule has 0 aliphatic carbocycles. The summed E-state index contributed by atoms with van der Waals surface area (Å²) in [6.07, 6.45) is 0.753. The van der Waals surface area contributed by atoms with Crippen molar-refractivity contribution in [2.45, 2.75) is 18.9 Å². The van der Waals surface area contributed by atoms with Gasteiger partial charge in [0.2, 0.25) is 5.91 Å². The number of piperazine rings is 1. The van der Waals surface area contributed by atoms with Gasteiger partial charge in [-0.25, -0.2) is 4.79 Å². The highest BCUT2D eigenvalue weighted by Crippen LogP contribution is 2.36. The van der Waals surface area contributed by atoms with Crippen molar-refractivity contribution in [3.8, 4) is 11.5 Å². The lowest BCUT2D eigenvalue weighted by atomic mass is 9.91. The zero-order valence-electron chi connectivity index (χ0n) is 19.3. The van der Waals surface area contributed by atoms with E-state index < -0.39 is 17.5 Å². The molecule has 4 heterocycles. The normalized spacial score (nSPS) is 22.1. The fourth-order valence-electron chi connectivity index (χ4n) is 4.46. The molecule has 0 bridgehead atoms. The van der Waals surface area contributed by atoms with Crippen LogP contribution in [0.3, 0.4) is 0 Å². The van der Waals surface area contributed by atoms with Crippen LogP contribution in [0.15, 0.2) is 35.7 Å². The number of urea groups is 1. The van der Waals surface area contributed by atoms with E-state index in [0.29, 0.717) is 61.3 Å². The van der Waals surface area contributed by atoms with Crippen LogP contribution in [0.25, 0.3) is 0 Å². The number of carbonyl (C=O) groups is 4. The maximum Gasteiger partial charge on any atom is 0.325 e. The Labute approximate surface area is 206 Å². The zero-order chi connectivity index (χ0) is 24.6. The van der Waals surface area contributed by atoms with Gasteiger partial charge < -0.3 is 24.6 Å². The Morgan fingerprint density at radius 2 is 1.74 bits per heavy atom. The highest BCUT2D eigenvalue weighted by molar-refractivity contribution is 7.12. The molecule has 184 valence electrons. The van der Waals surface area contributed by atoms with Crippen molar-refractivity contribution >= 4 is 35.1 Å². The van der Waals surface area contributed by atoms with Crippen LogP contribution in [0.1, 0.15) is 28.6 Å². The molecule has 1 aromatic carbocycles. The second-order valence-corrected chi connectivity index (χ2v) is 9.76. The Morgan fingerprint density at radius 3 is 2.46 bits per heavy atom. The molecule has 35 heavy (non-hydrogen) atoms. The van der Waals surface area contributed by atoms with Crippen LogP contribution in [-0.4, -0.2) is 84.4 Å². The Bertz CT molecular complexity index is 1160. The second kappa shape index (κ2) is 9.21. The predicted octanol–water partition coefficient (Wildman–Crippen LogP) is 1.66. The van der Waals surface area contributed by atoms with Crippen molar-refractivity contribution in [1.29, 1.82) is 0 Å². The molecule has 0 unspecified atom stereocenters. The summed E-state index contributed by atoms with van der Waals surface area (Å²) in [7, 11) is 0. The molecular weight excluding hydrogens is 472 g/mol. The number of amides is 5. The first kappa shape index (κ1) is 23.2. The fraction of sp³-hybridized carbons (Fsp3) is 0.417. The van der Waals surface area contributed by atoms with Gasteiger partial charge in [-0.15, -0.1) is 11.3 Å². The van der Waals surface area contributed by atoms with E-state index in [2.05, 4.69) is 5.32 Å². The quantitative estimate of drug-likeness (QED) is 0.643. The average Bonchev–Trinajstić information content (AvgIpc) is 3.39. The van der Waals surface area contributed by atoms with Gasteiger partial charge in [0.15, 0.2) is 11.5 Å². The lowest BCUT2D eigenvalue weighted by molar-refractivity contribution is -0.139. The summed E-state index contributed by atoms with van der Waals surface area (Å²) in [6.45, 7) is 3.80. The van der Waals surface area contributed by atoms with Crippen LogP contribution in [0.4, 0.5) is 4.79 Å². The van der Waals surface area contributed by atoms with E-state index in [0.717, 1.165) is 11.3 Å². The highest BCUT2D eigenvalue weighted by Gasteiger charge is 2.50. The summed E-state index contributed by atoms with van der Waals surface area (Å²) in [4.78, 5) is 56.4. The van der Waals surface area contributed by atoms with Gasteiger partial charge in [-0.3, -0.25) is 19.3 Å². The van der Waals surface area contributed by atoms with Crippen molar-refractivity contribution in [3.63, 3.8) is 0 Å². The molecule has 5 amide bonds. The van der Waals surface area contributed by atoms with Gasteiger partial charge in [0.25, 0.3) is 11.8 Å². The van der Waals surface area contributed by atoms with E-state index in [1.807, 2.05) is 11.4 Å². The summed E-state index contributed by atoms with van der Waals surface area (Å²) < 4.78 is 11.4. The monoisotopic (exact) mass is 498 g/mol. The van der Waals surface area contributed by atoms with E-state index in [9.17, 15) is 19.2 Å². The molecule has 3 aliphatic rings. The standard InChI is InChI=1S/C24H26N4O6S/c1-24(16-5-6-17-18(14-16)34-12-3-11-33-17)22(31)28(23(32)25-24)15-20(29)26-7-9-27(10-8-26)21(30)19-4-2-13-35-19/h2,4-6,13-14H,3,7-12,15H2,1H3,(H,25,32)/t24-/m1/s1. The molecule has 1 N–H and O–H groups in total. The molecule has 1 aromatic heterocycles. The molecule has 2 fully saturated rings. The summed E-state index contributed by atoms with van der Waals surface area (Å²) in [6, 6.07) is 8.14. The highest BCUT2D eigenvalue weighted by atomic mass is 32.1. The first-order valence-corrected chi connectivity index (χ1v) is 12.4. The fourth-order valence-corrected chi connectivity index (χ4v) is 5.15. The molecule has 1 atom stereocenters. The summed E-state index contributed by atoms with van der Waals surface area (Å²) in [5.74, 6) is 0.228. The van der Waals surface area contributed by atoms with Crippen LogP contribution >= 0.6 is 11.3 Å². The molecule has 11 heteroatoms. The Balaban J connectivity index is 1.23. The van der Waals surface area contributed by atoms with Gasteiger partial charge in [-0.2, -0.15) is 0 Å². The summed E-state index contributed by atoms with van der Waals surface area (Å²) >= 11 is 1.38. The zero-order valence-corrected chi connectivity index (χ0v) is 20.1. The van der Waals surface area contributed by atoms with E-state index in [-0.39, 0.29) is 18.4 Å². The van der Waals surface area contributed by atoms with Gasteiger partial charge >= 0.3 is 6.03 Å². The van der Waals surface area contributed by atoms with E-state index in [1.54, 1.807) is 41.0 Å². The van der Waals surface area contributed by atoms with E-state index in [4.69, 9.17) is 9.47 Å². The third kappa shape index (κ3) is 4.31. The number of nitrogens with one attached hydrogen (secondary N) is 1. The molecular formula is C24H26N4O6S.